The number of carbonyl (C=O) groups is 1. The summed E-state index contributed by atoms with van der Waals surface area (Å²) in [6, 6.07) is 7.67. The van der Waals surface area contributed by atoms with Crippen LogP contribution in [0.2, 0.25) is 0 Å². The van der Waals surface area contributed by atoms with Crippen molar-refractivity contribution in [3.63, 3.8) is 0 Å². The van der Waals surface area contributed by atoms with Gasteiger partial charge in [0.05, 0.1) is 0 Å². The van der Waals surface area contributed by atoms with E-state index in [-0.39, 0.29) is 11.3 Å². The number of nitriles is 1. The first kappa shape index (κ1) is 13.1. The molecule has 1 aromatic heterocycles. The van der Waals surface area contributed by atoms with Gasteiger partial charge in [-0.25, -0.2) is 5.10 Å². The van der Waals surface area contributed by atoms with Crippen LogP contribution in [0.1, 0.15) is 0 Å². The molecule has 20 heavy (non-hydrogen) atoms. The molecule has 0 aliphatic rings. The van der Waals surface area contributed by atoms with Gasteiger partial charge in [0.25, 0.3) is 5.91 Å². The lowest BCUT2D eigenvalue weighted by Gasteiger charge is -2.04. The molecule has 0 aliphatic heterocycles. The Morgan fingerprint density at radius 1 is 1.40 bits per heavy atom. The summed E-state index contributed by atoms with van der Waals surface area (Å²) >= 11 is 0. The second-order valence-electron chi connectivity index (χ2n) is 3.65. The molecule has 0 atom stereocenters. The maximum Gasteiger partial charge on any atom is 0.267 e. The number of aromatic amines is 1. The van der Waals surface area contributed by atoms with Gasteiger partial charge >= 0.3 is 0 Å². The number of H-pyrrole nitrogens is 1. The van der Waals surface area contributed by atoms with Crippen LogP contribution < -0.4 is 10.6 Å². The van der Waals surface area contributed by atoms with Gasteiger partial charge in [0, 0.05) is 11.9 Å². The van der Waals surface area contributed by atoms with Gasteiger partial charge in [-0.2, -0.15) is 15.3 Å². The highest BCUT2D eigenvalue weighted by Gasteiger charge is 2.09. The van der Waals surface area contributed by atoms with Gasteiger partial charge in [-0.3, -0.25) is 4.79 Å². The van der Waals surface area contributed by atoms with Gasteiger partial charge < -0.3 is 15.7 Å². The minimum Gasteiger partial charge on any atom is -0.508 e. The number of anilines is 2. The Morgan fingerprint density at radius 2 is 2.15 bits per heavy atom. The van der Waals surface area contributed by atoms with Crippen LogP contribution in [0.15, 0.2) is 42.4 Å². The van der Waals surface area contributed by atoms with Crippen molar-refractivity contribution in [2.75, 3.05) is 10.6 Å². The highest BCUT2D eigenvalue weighted by atomic mass is 16.3. The number of phenolic OH excluding ortho intramolecular Hbond substituents is 1. The number of amides is 1. The van der Waals surface area contributed by atoms with Crippen LogP contribution in [-0.2, 0) is 4.79 Å². The van der Waals surface area contributed by atoms with Crippen LogP contribution in [-0.4, -0.2) is 26.2 Å². The third-order valence-electron chi connectivity index (χ3n) is 2.26. The standard InChI is InChI=1S/C12H10N6O2/c13-5-8(6-14-12-15-7-16-18-12)11(20)17-9-1-3-10(19)4-2-9/h1-4,6-7,19H,(H,17,20)(H2,14,15,16,18)/b8-6-. The molecule has 8 nitrogen and oxygen atoms in total. The summed E-state index contributed by atoms with van der Waals surface area (Å²) in [4.78, 5) is 15.6. The Bertz CT molecular complexity index is 654. The summed E-state index contributed by atoms with van der Waals surface area (Å²) in [6.45, 7) is 0. The minimum absolute atomic E-state index is 0.0889. The molecule has 0 unspecified atom stereocenters. The van der Waals surface area contributed by atoms with Crippen LogP contribution in [0, 0.1) is 11.3 Å². The van der Waals surface area contributed by atoms with Gasteiger partial charge in [-0.15, -0.1) is 0 Å². The molecule has 2 rings (SSSR count). The molecule has 4 N–H and O–H groups in total. The van der Waals surface area contributed by atoms with Crippen molar-refractivity contribution in [1.82, 2.24) is 15.2 Å². The van der Waals surface area contributed by atoms with Gasteiger partial charge in [0.1, 0.15) is 23.7 Å². The minimum atomic E-state index is -0.579. The number of nitrogens with one attached hydrogen (secondary N) is 3. The summed E-state index contributed by atoms with van der Waals surface area (Å²) < 4.78 is 0. The van der Waals surface area contributed by atoms with Crippen molar-refractivity contribution >= 4 is 17.5 Å². The van der Waals surface area contributed by atoms with E-state index in [1.807, 2.05) is 0 Å². The predicted molar refractivity (Wildman–Crippen MR) is 70.4 cm³/mol. The second kappa shape index (κ2) is 6.01. The normalized spacial score (nSPS) is 10.7. The fourth-order valence-electron chi connectivity index (χ4n) is 1.31. The first-order chi connectivity index (χ1) is 9.69. The van der Waals surface area contributed by atoms with Crippen LogP contribution in [0.4, 0.5) is 11.6 Å². The molecule has 0 aliphatic carbocycles. The number of phenols is 1. The third-order valence-corrected chi connectivity index (χ3v) is 2.26. The van der Waals surface area contributed by atoms with E-state index in [0.717, 1.165) is 0 Å². The smallest absolute Gasteiger partial charge is 0.267 e. The third kappa shape index (κ3) is 3.33. The lowest BCUT2D eigenvalue weighted by atomic mass is 10.2. The molecule has 0 fully saturated rings. The molecular weight excluding hydrogens is 260 g/mol. The van der Waals surface area contributed by atoms with E-state index < -0.39 is 5.91 Å². The average molecular weight is 270 g/mol. The zero-order valence-electron chi connectivity index (χ0n) is 10.2. The quantitative estimate of drug-likeness (QED) is 0.372. The van der Waals surface area contributed by atoms with E-state index in [1.165, 1.54) is 36.8 Å². The molecule has 0 spiro atoms. The maximum atomic E-state index is 11.8. The van der Waals surface area contributed by atoms with Crippen LogP contribution in [0.5, 0.6) is 5.75 Å². The zero-order chi connectivity index (χ0) is 14.4. The fraction of sp³-hybridized carbons (Fsp3) is 0. The van der Waals surface area contributed by atoms with E-state index in [2.05, 4.69) is 25.8 Å². The first-order valence-electron chi connectivity index (χ1n) is 5.51. The van der Waals surface area contributed by atoms with Crippen LogP contribution >= 0.6 is 0 Å². The van der Waals surface area contributed by atoms with Crippen LogP contribution in [0.25, 0.3) is 0 Å². The number of rotatable bonds is 4. The highest BCUT2D eigenvalue weighted by Crippen LogP contribution is 2.14. The Balaban J connectivity index is 2.04. The Hall–Kier alpha value is -3.34. The lowest BCUT2D eigenvalue weighted by molar-refractivity contribution is -0.112. The summed E-state index contributed by atoms with van der Waals surface area (Å²) in [6.07, 6.45) is 2.51. The first-order valence-corrected chi connectivity index (χ1v) is 5.51. The molecule has 1 heterocycles. The Kier molecular flexibility index (Phi) is 3.94. The number of benzene rings is 1. The van der Waals surface area contributed by atoms with E-state index in [1.54, 1.807) is 6.07 Å². The molecule has 1 amide bonds. The topological polar surface area (TPSA) is 127 Å². The summed E-state index contributed by atoms with van der Waals surface area (Å²) in [5, 5.41) is 29.4. The molecule has 0 saturated carbocycles. The number of hydrogen-bond acceptors (Lipinski definition) is 6. The van der Waals surface area contributed by atoms with Gasteiger partial charge in [-0.05, 0) is 24.3 Å². The molecule has 0 radical (unpaired) electrons. The van der Waals surface area contributed by atoms with Gasteiger partial charge in [0.2, 0.25) is 5.95 Å². The molecule has 0 bridgehead atoms. The summed E-state index contributed by atoms with van der Waals surface area (Å²) in [5.74, 6) is -0.175. The number of aromatic hydroxyl groups is 1. The van der Waals surface area contributed by atoms with Gasteiger partial charge in [-0.1, -0.05) is 0 Å². The lowest BCUT2D eigenvalue weighted by Crippen LogP contribution is -2.14. The summed E-state index contributed by atoms with van der Waals surface area (Å²) in [7, 11) is 0. The van der Waals surface area contributed by atoms with Crippen molar-refractivity contribution in [3.05, 3.63) is 42.4 Å². The van der Waals surface area contributed by atoms with Crippen molar-refractivity contribution in [3.8, 4) is 11.8 Å². The molecular formula is C12H10N6O2. The number of aromatic nitrogens is 3. The van der Waals surface area contributed by atoms with Crippen molar-refractivity contribution in [2.24, 2.45) is 0 Å². The van der Waals surface area contributed by atoms with Crippen molar-refractivity contribution in [1.29, 1.82) is 5.26 Å². The Morgan fingerprint density at radius 3 is 2.75 bits per heavy atom. The molecule has 100 valence electrons. The number of nitrogens with zero attached hydrogens (tertiary/aromatic N) is 3. The largest absolute Gasteiger partial charge is 0.508 e. The number of carbonyl (C=O) groups excluding carboxylic acids is 1. The van der Waals surface area contributed by atoms with E-state index in [4.69, 9.17) is 10.4 Å². The summed E-state index contributed by atoms with van der Waals surface area (Å²) in [5.41, 5.74) is 0.336. The molecule has 0 saturated heterocycles. The number of hydrogen-bond donors (Lipinski definition) is 4. The van der Waals surface area contributed by atoms with Crippen molar-refractivity contribution < 1.29 is 9.90 Å². The maximum absolute atomic E-state index is 11.8. The highest BCUT2D eigenvalue weighted by molar-refractivity contribution is 6.06. The van der Waals surface area contributed by atoms with E-state index in [9.17, 15) is 4.79 Å². The fourth-order valence-corrected chi connectivity index (χ4v) is 1.31. The van der Waals surface area contributed by atoms with Crippen molar-refractivity contribution in [2.45, 2.75) is 0 Å². The van der Waals surface area contributed by atoms with E-state index in [0.29, 0.717) is 11.6 Å². The monoisotopic (exact) mass is 270 g/mol. The second-order valence-corrected chi connectivity index (χ2v) is 3.65. The van der Waals surface area contributed by atoms with E-state index >= 15 is 0 Å². The van der Waals surface area contributed by atoms with Gasteiger partial charge in [0.15, 0.2) is 0 Å². The average Bonchev–Trinajstić information content (AvgIpc) is 2.95. The Labute approximate surface area is 113 Å². The predicted octanol–water partition coefficient (Wildman–Crippen LogP) is 0.968. The molecule has 1 aromatic carbocycles. The molecule has 2 aromatic rings. The molecule has 8 heteroatoms. The zero-order valence-corrected chi connectivity index (χ0v) is 10.2. The van der Waals surface area contributed by atoms with Crippen LogP contribution in [0.3, 0.4) is 0 Å². The SMILES string of the molecule is N#C/C(=C/Nc1ncn[nH]1)C(=O)Nc1ccc(O)cc1.